The van der Waals surface area contributed by atoms with E-state index in [1.807, 2.05) is 30.3 Å². The van der Waals surface area contributed by atoms with Gasteiger partial charge in [0.15, 0.2) is 23.0 Å². The second-order valence-corrected chi connectivity index (χ2v) is 7.08. The lowest BCUT2D eigenvalue weighted by molar-refractivity contribution is 0.174. The van der Waals surface area contributed by atoms with Gasteiger partial charge in [-0.25, -0.2) is 0 Å². The number of hydrogen-bond acceptors (Lipinski definition) is 6. The third-order valence-electron chi connectivity index (χ3n) is 4.29. The van der Waals surface area contributed by atoms with Crippen LogP contribution in [0.5, 0.6) is 11.5 Å². The zero-order valence-electron chi connectivity index (χ0n) is 14.4. The van der Waals surface area contributed by atoms with Crippen molar-refractivity contribution in [2.45, 2.75) is 6.54 Å². The number of rotatable bonds is 4. The molecule has 0 saturated carbocycles. The minimum absolute atomic E-state index is 0.258. The maximum absolute atomic E-state index is 6.11. The highest BCUT2D eigenvalue weighted by Gasteiger charge is 2.14. The second-order valence-electron chi connectivity index (χ2n) is 6.21. The third kappa shape index (κ3) is 3.19. The summed E-state index contributed by atoms with van der Waals surface area (Å²) < 4.78 is 12.4. The summed E-state index contributed by atoms with van der Waals surface area (Å²) in [6, 6.07) is 14.8. The molecule has 0 atom stereocenters. The Labute approximate surface area is 169 Å². The van der Waals surface area contributed by atoms with Crippen molar-refractivity contribution in [1.29, 1.82) is 0 Å². The molecular formula is C19H13Cl2N5O2. The van der Waals surface area contributed by atoms with Crippen LogP contribution < -0.4 is 14.8 Å². The van der Waals surface area contributed by atoms with Crippen LogP contribution in [0.25, 0.3) is 17.0 Å². The standard InChI is InChI=1S/C19H13Cl2N5O2/c20-13-6-12(7-14(21)8-13)19-24-23-18-4-3-17(25-26(18)19)22-9-11-1-2-15-16(5-11)28-10-27-15/h1-8H,9-10H2,(H,22,25). The number of aromatic nitrogens is 4. The summed E-state index contributed by atoms with van der Waals surface area (Å²) >= 11 is 12.2. The van der Waals surface area contributed by atoms with Crippen LogP contribution in [0, 0.1) is 0 Å². The molecule has 2 aromatic carbocycles. The van der Waals surface area contributed by atoms with E-state index < -0.39 is 0 Å². The van der Waals surface area contributed by atoms with Crippen LogP contribution in [0.2, 0.25) is 10.0 Å². The van der Waals surface area contributed by atoms with Gasteiger partial charge in [0.1, 0.15) is 5.82 Å². The minimum atomic E-state index is 0.258. The van der Waals surface area contributed by atoms with Gasteiger partial charge in [-0.3, -0.25) is 0 Å². The van der Waals surface area contributed by atoms with Gasteiger partial charge in [0.25, 0.3) is 0 Å². The van der Waals surface area contributed by atoms with Crippen LogP contribution in [-0.2, 0) is 6.54 Å². The molecule has 1 aliphatic heterocycles. The first-order valence-corrected chi connectivity index (χ1v) is 9.23. The Bertz CT molecular complexity index is 1170. The van der Waals surface area contributed by atoms with E-state index in [1.165, 1.54) is 0 Å². The van der Waals surface area contributed by atoms with Gasteiger partial charge in [-0.2, -0.15) is 4.52 Å². The first kappa shape index (κ1) is 17.1. The Hall–Kier alpha value is -3.03. The van der Waals surface area contributed by atoms with Gasteiger partial charge in [0.2, 0.25) is 6.79 Å². The van der Waals surface area contributed by atoms with Crippen molar-refractivity contribution in [3.8, 4) is 22.9 Å². The van der Waals surface area contributed by atoms with E-state index in [9.17, 15) is 0 Å². The molecule has 1 aliphatic rings. The third-order valence-corrected chi connectivity index (χ3v) is 4.73. The molecule has 5 rings (SSSR count). The molecule has 0 fully saturated rings. The van der Waals surface area contributed by atoms with Crippen molar-refractivity contribution in [3.05, 3.63) is 64.1 Å². The van der Waals surface area contributed by atoms with E-state index in [0.717, 1.165) is 22.6 Å². The molecule has 0 radical (unpaired) electrons. The van der Waals surface area contributed by atoms with Crippen molar-refractivity contribution < 1.29 is 9.47 Å². The Morgan fingerprint density at radius 3 is 2.61 bits per heavy atom. The molecule has 140 valence electrons. The first-order valence-electron chi connectivity index (χ1n) is 8.47. The van der Waals surface area contributed by atoms with Gasteiger partial charge < -0.3 is 14.8 Å². The number of ether oxygens (including phenoxy) is 2. The van der Waals surface area contributed by atoms with Crippen LogP contribution >= 0.6 is 23.2 Å². The molecule has 0 spiro atoms. The van der Waals surface area contributed by atoms with Crippen molar-refractivity contribution in [2.75, 3.05) is 12.1 Å². The maximum atomic E-state index is 6.11. The lowest BCUT2D eigenvalue weighted by atomic mass is 10.2. The van der Waals surface area contributed by atoms with Crippen molar-refractivity contribution >= 4 is 34.7 Å². The predicted molar refractivity (Wildman–Crippen MR) is 106 cm³/mol. The number of halogens is 2. The highest BCUT2D eigenvalue weighted by atomic mass is 35.5. The second kappa shape index (κ2) is 6.85. The SMILES string of the molecule is Clc1cc(Cl)cc(-c2nnc3ccc(NCc4ccc5c(c4)OCO5)nn23)c1. The van der Waals surface area contributed by atoms with E-state index in [2.05, 4.69) is 20.6 Å². The van der Waals surface area contributed by atoms with E-state index >= 15 is 0 Å². The fourth-order valence-electron chi connectivity index (χ4n) is 2.99. The highest BCUT2D eigenvalue weighted by molar-refractivity contribution is 6.35. The monoisotopic (exact) mass is 413 g/mol. The van der Waals surface area contributed by atoms with Crippen LogP contribution in [0.3, 0.4) is 0 Å². The van der Waals surface area contributed by atoms with Crippen molar-refractivity contribution in [1.82, 2.24) is 19.8 Å². The number of anilines is 1. The summed E-state index contributed by atoms with van der Waals surface area (Å²) in [6.07, 6.45) is 0. The van der Waals surface area contributed by atoms with Crippen LogP contribution in [-0.4, -0.2) is 26.6 Å². The van der Waals surface area contributed by atoms with Gasteiger partial charge in [-0.1, -0.05) is 29.3 Å². The Morgan fingerprint density at radius 2 is 1.75 bits per heavy atom. The summed E-state index contributed by atoms with van der Waals surface area (Å²) in [5, 5.41) is 17.3. The summed E-state index contributed by atoms with van der Waals surface area (Å²) in [7, 11) is 0. The van der Waals surface area contributed by atoms with Crippen molar-refractivity contribution in [2.24, 2.45) is 0 Å². The number of hydrogen-bond donors (Lipinski definition) is 1. The summed E-state index contributed by atoms with van der Waals surface area (Å²) in [5.74, 6) is 2.75. The van der Waals surface area contributed by atoms with Crippen LogP contribution in [0.1, 0.15) is 5.56 Å². The lowest BCUT2D eigenvalue weighted by Crippen LogP contribution is -2.04. The van der Waals surface area contributed by atoms with E-state index in [4.69, 9.17) is 32.7 Å². The Morgan fingerprint density at radius 1 is 0.929 bits per heavy atom. The number of nitrogens with one attached hydrogen (secondary N) is 1. The van der Waals surface area contributed by atoms with E-state index in [-0.39, 0.29) is 6.79 Å². The Balaban J connectivity index is 1.43. The summed E-state index contributed by atoms with van der Waals surface area (Å²) in [5.41, 5.74) is 2.42. The summed E-state index contributed by atoms with van der Waals surface area (Å²) in [4.78, 5) is 0. The zero-order valence-corrected chi connectivity index (χ0v) is 15.9. The lowest BCUT2D eigenvalue weighted by Gasteiger charge is -2.07. The maximum Gasteiger partial charge on any atom is 0.231 e. The average Bonchev–Trinajstić information content (AvgIpc) is 3.31. The average molecular weight is 414 g/mol. The molecule has 0 unspecified atom stereocenters. The molecule has 9 heteroatoms. The molecule has 0 aliphatic carbocycles. The molecule has 2 aromatic heterocycles. The molecule has 28 heavy (non-hydrogen) atoms. The molecule has 0 bridgehead atoms. The first-order chi connectivity index (χ1) is 13.7. The number of nitrogens with zero attached hydrogens (tertiary/aromatic N) is 4. The molecule has 0 amide bonds. The number of fused-ring (bicyclic) bond motifs is 2. The molecule has 7 nitrogen and oxygen atoms in total. The van der Waals surface area contributed by atoms with E-state index in [1.54, 1.807) is 22.7 Å². The van der Waals surface area contributed by atoms with E-state index in [0.29, 0.717) is 33.9 Å². The fourth-order valence-corrected chi connectivity index (χ4v) is 3.52. The quantitative estimate of drug-likeness (QED) is 0.532. The van der Waals surface area contributed by atoms with Crippen molar-refractivity contribution in [3.63, 3.8) is 0 Å². The number of benzene rings is 2. The van der Waals surface area contributed by atoms with Gasteiger partial charge in [0, 0.05) is 22.2 Å². The van der Waals surface area contributed by atoms with Gasteiger partial charge in [-0.15, -0.1) is 15.3 Å². The molecule has 0 saturated heterocycles. The molecule has 4 aromatic rings. The molecule has 3 heterocycles. The minimum Gasteiger partial charge on any atom is -0.454 e. The topological polar surface area (TPSA) is 73.6 Å². The predicted octanol–water partition coefficient (Wildman–Crippen LogP) is 4.44. The normalized spacial score (nSPS) is 12.5. The Kier molecular flexibility index (Phi) is 4.18. The van der Waals surface area contributed by atoms with Gasteiger partial charge >= 0.3 is 0 Å². The largest absolute Gasteiger partial charge is 0.454 e. The van der Waals surface area contributed by atoms with Gasteiger partial charge in [-0.05, 0) is 48.0 Å². The highest BCUT2D eigenvalue weighted by Crippen LogP contribution is 2.32. The summed E-state index contributed by atoms with van der Waals surface area (Å²) in [6.45, 7) is 0.837. The zero-order chi connectivity index (χ0) is 19.1. The van der Waals surface area contributed by atoms with Gasteiger partial charge in [0.05, 0.1) is 0 Å². The molecule has 1 N–H and O–H groups in total. The van der Waals surface area contributed by atoms with Crippen LogP contribution in [0.4, 0.5) is 5.82 Å². The smallest absolute Gasteiger partial charge is 0.231 e. The molecular weight excluding hydrogens is 401 g/mol. The fraction of sp³-hybridized carbons (Fsp3) is 0.105. The van der Waals surface area contributed by atoms with Crippen LogP contribution in [0.15, 0.2) is 48.5 Å².